The van der Waals surface area contributed by atoms with Crippen LogP contribution in [0.2, 0.25) is 0 Å². The number of fused-ring (bicyclic) bond motifs is 8. The van der Waals surface area contributed by atoms with Crippen molar-refractivity contribution in [3.63, 3.8) is 0 Å². The van der Waals surface area contributed by atoms with Crippen molar-refractivity contribution in [3.8, 4) is 44.5 Å². The van der Waals surface area contributed by atoms with Crippen LogP contribution in [0.5, 0.6) is 0 Å². The molecular formula is C76H90N4O4. The number of hydrogen-bond donors (Lipinski definition) is 2. The van der Waals surface area contributed by atoms with E-state index in [1.807, 2.05) is 36.4 Å². The highest BCUT2D eigenvalue weighted by Crippen LogP contribution is 2.45. The van der Waals surface area contributed by atoms with E-state index >= 15 is 19.2 Å². The van der Waals surface area contributed by atoms with Gasteiger partial charge in [0, 0.05) is 33.3 Å². The van der Waals surface area contributed by atoms with E-state index in [0.29, 0.717) is 44.7 Å². The van der Waals surface area contributed by atoms with Gasteiger partial charge in [0.05, 0.1) is 11.4 Å². The van der Waals surface area contributed by atoms with Crippen LogP contribution in [0.1, 0.15) is 264 Å². The zero-order valence-electron chi connectivity index (χ0n) is 54.8. The lowest BCUT2D eigenvalue weighted by molar-refractivity contribution is 0.0822. The third kappa shape index (κ3) is 11.6. The highest BCUT2D eigenvalue weighted by Gasteiger charge is 2.40. The van der Waals surface area contributed by atoms with Crippen molar-refractivity contribution in [2.45, 2.75) is 209 Å². The number of rotatable bonds is 4. The Morgan fingerprint density at radius 3 is 0.845 bits per heavy atom. The van der Waals surface area contributed by atoms with Crippen LogP contribution in [-0.2, 0) is 43.3 Å². The number of Topliss-reactive ketones (excluding diaryl/α,β-unsaturated/α-hetero) is 4. The standard InChI is InChI=1S/C76H90N4O4/c1-69(2,3)45-29-41(30-46(37-45)70(4,5)6)57-53-25-27-55(77-53)58(42-31-47(71(7,8)9)38-48(32-42)72(10,11)12)61-65(81)67(83)63(79-61)60(44-35-51(75(19,20)21)40-52(36-44)76(22,23)24)64-68(84)66(82)62(80-64)59(56-28-26-54(57)78-56)43-33-49(73(13,14)15)39-50(34-43)74(16,17)18/h25-40,77,80H,1-24H3. The quantitative estimate of drug-likeness (QED) is 0.169. The topological polar surface area (TPSA) is 126 Å². The van der Waals surface area contributed by atoms with Crippen LogP contribution in [0, 0.1) is 0 Å². The molecule has 3 aliphatic rings. The third-order valence-electron chi connectivity index (χ3n) is 16.9. The van der Waals surface area contributed by atoms with Gasteiger partial charge in [-0.05, 0) is 134 Å². The SMILES string of the molecule is CC(C)(C)c1cc(-c2c3nc(c(-c4cc(C(C)(C)C)cc(C(C)(C)C)c4)c4ccc([nH]4)c(-c4cc(C(C)(C)C)cc(C(C)(C)C)c4)c4nc(c(-c5cc(C(C)(C)C)cc(C(C)(C)C)c5)c5[nH]c2C(=O)C5=O)C(=O)C4=O)C=C3)cc(C(C)(C)C)c1. The molecule has 0 aliphatic carbocycles. The third-order valence-corrected chi connectivity index (χ3v) is 16.9. The van der Waals surface area contributed by atoms with Gasteiger partial charge in [0.15, 0.2) is 0 Å². The molecule has 2 aromatic heterocycles. The number of aromatic amines is 2. The van der Waals surface area contributed by atoms with Crippen LogP contribution in [-0.4, -0.2) is 43.1 Å². The molecule has 5 heterocycles. The first kappa shape index (κ1) is 61.2. The van der Waals surface area contributed by atoms with Gasteiger partial charge in [0.25, 0.3) is 23.1 Å². The maximum atomic E-state index is 15.6. The Hall–Kier alpha value is -7.32. The summed E-state index contributed by atoms with van der Waals surface area (Å²) < 4.78 is 0. The Balaban J connectivity index is 1.63. The Labute approximate surface area is 500 Å². The van der Waals surface area contributed by atoms with Gasteiger partial charge in [-0.1, -0.05) is 239 Å². The van der Waals surface area contributed by atoms with Crippen LogP contribution in [0.15, 0.2) is 84.9 Å². The fourth-order valence-electron chi connectivity index (χ4n) is 11.1. The lowest BCUT2D eigenvalue weighted by Crippen LogP contribution is -2.17. The van der Waals surface area contributed by atoms with Gasteiger partial charge in [-0.15, -0.1) is 0 Å². The van der Waals surface area contributed by atoms with Crippen molar-refractivity contribution in [3.05, 3.63) is 164 Å². The van der Waals surface area contributed by atoms with Gasteiger partial charge in [-0.3, -0.25) is 19.2 Å². The average molecular weight is 1120 g/mol. The predicted molar refractivity (Wildman–Crippen MR) is 350 cm³/mol. The molecule has 0 saturated carbocycles. The molecule has 8 nitrogen and oxygen atoms in total. The summed E-state index contributed by atoms with van der Waals surface area (Å²) in [5, 5.41) is 0. The maximum absolute atomic E-state index is 15.6. The summed E-state index contributed by atoms with van der Waals surface area (Å²) in [5.74, 6) is -3.34. The highest BCUT2D eigenvalue weighted by molar-refractivity contribution is 6.55. The van der Waals surface area contributed by atoms with Crippen molar-refractivity contribution < 1.29 is 19.2 Å². The predicted octanol–water partition coefficient (Wildman–Crippen LogP) is 19.4. The average Bonchev–Trinajstić information content (AvgIpc) is 1.73. The van der Waals surface area contributed by atoms with Crippen molar-refractivity contribution in [1.82, 2.24) is 19.9 Å². The first-order chi connectivity index (χ1) is 38.3. The molecule has 0 atom stereocenters. The molecule has 0 amide bonds. The summed E-state index contributed by atoms with van der Waals surface area (Å²) in [6, 6.07) is 29.8. The van der Waals surface area contributed by atoms with Gasteiger partial charge in [0.1, 0.15) is 22.8 Å². The minimum atomic E-state index is -0.877. The normalized spacial score (nSPS) is 14.5. The number of nitrogens with zero attached hydrogens (tertiary/aromatic N) is 2. The van der Waals surface area contributed by atoms with E-state index in [1.54, 1.807) is 0 Å². The minimum absolute atomic E-state index is 0.0224. The Kier molecular flexibility index (Phi) is 14.7. The molecule has 6 aromatic rings. The minimum Gasteiger partial charge on any atom is -0.354 e. The molecule has 4 aromatic carbocycles. The number of carbonyl (C=O) groups is 4. The monoisotopic (exact) mass is 1120 g/mol. The van der Waals surface area contributed by atoms with E-state index in [0.717, 1.165) is 61.2 Å². The zero-order valence-corrected chi connectivity index (χ0v) is 54.8. The Bertz CT molecular complexity index is 3910. The second-order valence-corrected chi connectivity index (χ2v) is 32.2. The largest absolute Gasteiger partial charge is 0.354 e. The number of H-pyrrole nitrogens is 2. The van der Waals surface area contributed by atoms with E-state index in [2.05, 4.69) is 237 Å². The molecular weight excluding hydrogens is 1030 g/mol. The Morgan fingerprint density at radius 2 is 0.524 bits per heavy atom. The molecule has 0 fully saturated rings. The fourth-order valence-corrected chi connectivity index (χ4v) is 11.1. The molecule has 0 spiro atoms. The first-order valence-corrected chi connectivity index (χ1v) is 30.0. The second-order valence-electron chi connectivity index (χ2n) is 32.2. The van der Waals surface area contributed by atoms with E-state index in [4.69, 9.17) is 9.97 Å². The van der Waals surface area contributed by atoms with Crippen LogP contribution in [0.4, 0.5) is 0 Å². The molecule has 84 heavy (non-hydrogen) atoms. The fraction of sp³-hybridized carbons (Fsp3) is 0.421. The number of carbonyl (C=O) groups excluding carboxylic acids is 4. The summed E-state index contributed by atoms with van der Waals surface area (Å²) in [5.41, 5.74) is 12.4. The second kappa shape index (κ2) is 20.2. The van der Waals surface area contributed by atoms with Crippen molar-refractivity contribution >= 4 is 46.3 Å². The lowest BCUT2D eigenvalue weighted by atomic mass is 9.78. The molecule has 3 aliphatic heterocycles. The van der Waals surface area contributed by atoms with Crippen molar-refractivity contribution in [2.75, 3.05) is 0 Å². The molecule has 2 N–H and O–H groups in total. The molecule has 0 unspecified atom stereocenters. The molecule has 0 radical (unpaired) electrons. The summed E-state index contributed by atoms with van der Waals surface area (Å²) in [4.78, 5) is 80.7. The number of benzene rings is 4. The zero-order chi connectivity index (χ0) is 62.3. The molecule has 8 heteroatoms. The van der Waals surface area contributed by atoms with Gasteiger partial charge >= 0.3 is 0 Å². The number of ketones is 4. The van der Waals surface area contributed by atoms with E-state index in [9.17, 15) is 0 Å². The number of nitrogens with one attached hydrogen (secondary N) is 2. The summed E-state index contributed by atoms with van der Waals surface area (Å²) >= 11 is 0. The van der Waals surface area contributed by atoms with Crippen molar-refractivity contribution in [1.29, 1.82) is 0 Å². The van der Waals surface area contributed by atoms with Crippen LogP contribution in [0.25, 0.3) is 67.7 Å². The van der Waals surface area contributed by atoms with Gasteiger partial charge < -0.3 is 9.97 Å². The van der Waals surface area contributed by atoms with Crippen LogP contribution >= 0.6 is 0 Å². The molecule has 0 saturated heterocycles. The Morgan fingerprint density at radius 1 is 0.274 bits per heavy atom. The molecule has 438 valence electrons. The summed E-state index contributed by atoms with van der Waals surface area (Å²) in [7, 11) is 0. The van der Waals surface area contributed by atoms with E-state index < -0.39 is 34.0 Å². The molecule has 8 bridgehead atoms. The number of aromatic nitrogens is 4. The summed E-state index contributed by atoms with van der Waals surface area (Å²) in [6.07, 6.45) is 3.96. The lowest BCUT2D eigenvalue weighted by Gasteiger charge is -2.26. The highest BCUT2D eigenvalue weighted by atomic mass is 16.2. The van der Waals surface area contributed by atoms with Crippen molar-refractivity contribution in [2.24, 2.45) is 0 Å². The van der Waals surface area contributed by atoms with E-state index in [1.165, 1.54) is 0 Å². The maximum Gasteiger partial charge on any atom is 0.254 e. The van der Waals surface area contributed by atoms with E-state index in [-0.39, 0.29) is 60.8 Å². The van der Waals surface area contributed by atoms with Crippen LogP contribution in [0.3, 0.4) is 0 Å². The van der Waals surface area contributed by atoms with Gasteiger partial charge in [-0.25, -0.2) is 9.97 Å². The van der Waals surface area contributed by atoms with Crippen LogP contribution < -0.4 is 0 Å². The van der Waals surface area contributed by atoms with Gasteiger partial charge in [0.2, 0.25) is 0 Å². The molecule has 9 rings (SSSR count). The first-order valence-electron chi connectivity index (χ1n) is 30.0. The van der Waals surface area contributed by atoms with Gasteiger partial charge in [-0.2, -0.15) is 0 Å². The number of hydrogen-bond acceptors (Lipinski definition) is 6. The summed E-state index contributed by atoms with van der Waals surface area (Å²) in [6.45, 7) is 52.1. The smallest absolute Gasteiger partial charge is 0.254 e.